The minimum Gasteiger partial charge on any atom is -0.385 e. The summed E-state index contributed by atoms with van der Waals surface area (Å²) in [4.78, 5) is 0. The molecular weight excluding hydrogens is 102 g/mol. The van der Waals surface area contributed by atoms with E-state index in [0.29, 0.717) is 11.5 Å². The minimum atomic E-state index is 0.612. The van der Waals surface area contributed by atoms with Gasteiger partial charge in [-0.05, 0) is 6.08 Å². The molecule has 0 fully saturated rings. The fraction of sp³-hybridized carbons (Fsp3) is 0.400. The van der Waals surface area contributed by atoms with Gasteiger partial charge in [0.05, 0.1) is 5.82 Å². The lowest BCUT2D eigenvalue weighted by Crippen LogP contribution is -2.27. The Hall–Kier alpha value is -0.990. The van der Waals surface area contributed by atoms with E-state index in [4.69, 9.17) is 11.1 Å². The summed E-state index contributed by atoms with van der Waals surface area (Å²) in [7, 11) is 0. The molecule has 1 aliphatic rings. The van der Waals surface area contributed by atoms with Crippen molar-refractivity contribution in [1.29, 1.82) is 5.41 Å². The van der Waals surface area contributed by atoms with Gasteiger partial charge in [0.1, 0.15) is 0 Å². The standard InChI is InChI=1S/C5H9N3/c6-4-1-2-8-5(7)3-4/h3,6,8H,1-2,7H2. The van der Waals surface area contributed by atoms with Crippen molar-refractivity contribution in [2.24, 2.45) is 5.73 Å². The van der Waals surface area contributed by atoms with Gasteiger partial charge in [-0.1, -0.05) is 0 Å². The van der Waals surface area contributed by atoms with Gasteiger partial charge >= 0.3 is 0 Å². The number of nitrogens with two attached hydrogens (primary N) is 1. The summed E-state index contributed by atoms with van der Waals surface area (Å²) in [6.45, 7) is 0.807. The molecule has 0 saturated heterocycles. The first-order chi connectivity index (χ1) is 3.79. The number of hydrogen-bond donors (Lipinski definition) is 3. The molecule has 0 aromatic rings. The number of nitrogens with one attached hydrogen (secondary N) is 2. The van der Waals surface area contributed by atoms with E-state index >= 15 is 0 Å². The summed E-state index contributed by atoms with van der Waals surface area (Å²) in [5, 5.41) is 10.0. The first kappa shape index (κ1) is 5.15. The summed E-state index contributed by atoms with van der Waals surface area (Å²) in [6.07, 6.45) is 2.43. The number of hydrogen-bond acceptors (Lipinski definition) is 3. The predicted molar refractivity (Wildman–Crippen MR) is 32.6 cm³/mol. The maximum absolute atomic E-state index is 7.12. The second-order valence-corrected chi connectivity index (χ2v) is 1.80. The summed E-state index contributed by atoms with van der Waals surface area (Å²) < 4.78 is 0. The van der Waals surface area contributed by atoms with E-state index in [0.717, 1.165) is 13.0 Å². The van der Waals surface area contributed by atoms with Gasteiger partial charge < -0.3 is 16.5 Å². The maximum Gasteiger partial charge on any atom is 0.0978 e. The fourth-order valence-electron chi connectivity index (χ4n) is 0.652. The highest BCUT2D eigenvalue weighted by molar-refractivity contribution is 5.93. The van der Waals surface area contributed by atoms with Crippen LogP contribution in [-0.2, 0) is 0 Å². The van der Waals surface area contributed by atoms with Gasteiger partial charge in [-0.3, -0.25) is 0 Å². The Labute approximate surface area is 48.1 Å². The third-order valence-corrected chi connectivity index (χ3v) is 1.05. The fourth-order valence-corrected chi connectivity index (χ4v) is 0.652. The van der Waals surface area contributed by atoms with Crippen LogP contribution in [0.2, 0.25) is 0 Å². The highest BCUT2D eigenvalue weighted by Crippen LogP contribution is 1.92. The molecule has 0 radical (unpaired) electrons. The Balaban J connectivity index is 2.64. The monoisotopic (exact) mass is 111 g/mol. The Kier molecular flexibility index (Phi) is 1.20. The quantitative estimate of drug-likeness (QED) is 0.405. The number of allylic oxidation sites excluding steroid dienone is 1. The smallest absolute Gasteiger partial charge is 0.0978 e. The molecule has 3 heteroatoms. The van der Waals surface area contributed by atoms with Crippen LogP contribution in [0.15, 0.2) is 11.9 Å². The molecule has 0 unspecified atom stereocenters. The van der Waals surface area contributed by atoms with Crippen LogP contribution >= 0.6 is 0 Å². The van der Waals surface area contributed by atoms with Crippen LogP contribution in [0.3, 0.4) is 0 Å². The van der Waals surface area contributed by atoms with Crippen LogP contribution in [0, 0.1) is 5.41 Å². The van der Waals surface area contributed by atoms with E-state index in [1.54, 1.807) is 6.08 Å². The molecule has 44 valence electrons. The third kappa shape index (κ3) is 0.992. The van der Waals surface area contributed by atoms with Crippen molar-refractivity contribution in [2.45, 2.75) is 6.42 Å². The van der Waals surface area contributed by atoms with Crippen molar-refractivity contribution < 1.29 is 0 Å². The first-order valence-electron chi connectivity index (χ1n) is 2.57. The first-order valence-corrected chi connectivity index (χ1v) is 2.57. The zero-order chi connectivity index (χ0) is 5.98. The molecule has 0 aromatic carbocycles. The molecule has 0 aliphatic carbocycles. The van der Waals surface area contributed by atoms with Crippen molar-refractivity contribution in [3.63, 3.8) is 0 Å². The van der Waals surface area contributed by atoms with Crippen molar-refractivity contribution >= 4 is 5.71 Å². The van der Waals surface area contributed by atoms with Gasteiger partial charge in [-0.15, -0.1) is 0 Å². The lowest BCUT2D eigenvalue weighted by atomic mass is 10.2. The van der Waals surface area contributed by atoms with Crippen molar-refractivity contribution in [3.8, 4) is 0 Å². The number of rotatable bonds is 0. The van der Waals surface area contributed by atoms with Crippen LogP contribution in [0.5, 0.6) is 0 Å². The van der Waals surface area contributed by atoms with E-state index in [-0.39, 0.29) is 0 Å². The van der Waals surface area contributed by atoms with Gasteiger partial charge in [0.15, 0.2) is 0 Å². The molecule has 0 bridgehead atoms. The van der Waals surface area contributed by atoms with Crippen molar-refractivity contribution in [1.82, 2.24) is 5.32 Å². The van der Waals surface area contributed by atoms with Gasteiger partial charge in [0, 0.05) is 18.7 Å². The molecule has 0 aromatic heterocycles. The largest absolute Gasteiger partial charge is 0.385 e. The minimum absolute atomic E-state index is 0.612. The average Bonchev–Trinajstić information content (AvgIpc) is 1.64. The SMILES string of the molecule is N=C1C=C(N)NCC1. The highest BCUT2D eigenvalue weighted by atomic mass is 15.0. The lowest BCUT2D eigenvalue weighted by molar-refractivity contribution is 0.788. The van der Waals surface area contributed by atoms with Crippen molar-refractivity contribution in [2.75, 3.05) is 6.54 Å². The summed E-state index contributed by atoms with van der Waals surface area (Å²) in [6, 6.07) is 0. The molecular formula is C5H9N3. The van der Waals surface area contributed by atoms with Gasteiger partial charge in [-0.2, -0.15) is 0 Å². The van der Waals surface area contributed by atoms with E-state index in [9.17, 15) is 0 Å². The normalized spacial score (nSPS) is 19.5. The molecule has 4 N–H and O–H groups in total. The molecule has 0 spiro atoms. The summed E-state index contributed by atoms with van der Waals surface area (Å²) in [5.74, 6) is 0.612. The Morgan fingerprint density at radius 3 is 2.88 bits per heavy atom. The van der Waals surface area contributed by atoms with Gasteiger partial charge in [0.2, 0.25) is 0 Å². The Morgan fingerprint density at radius 1 is 1.75 bits per heavy atom. The zero-order valence-electron chi connectivity index (χ0n) is 4.57. The summed E-state index contributed by atoms with van der Waals surface area (Å²) >= 11 is 0. The molecule has 0 atom stereocenters. The zero-order valence-corrected chi connectivity index (χ0v) is 4.57. The average molecular weight is 111 g/mol. The van der Waals surface area contributed by atoms with Crippen LogP contribution in [-0.4, -0.2) is 12.3 Å². The Bertz CT molecular complexity index is 137. The maximum atomic E-state index is 7.12. The molecule has 1 aliphatic heterocycles. The van der Waals surface area contributed by atoms with E-state index in [1.807, 2.05) is 0 Å². The molecule has 8 heavy (non-hydrogen) atoms. The van der Waals surface area contributed by atoms with E-state index in [2.05, 4.69) is 5.32 Å². The summed E-state index contributed by atoms with van der Waals surface area (Å²) in [5.41, 5.74) is 5.95. The topological polar surface area (TPSA) is 61.9 Å². The Morgan fingerprint density at radius 2 is 2.50 bits per heavy atom. The van der Waals surface area contributed by atoms with E-state index < -0.39 is 0 Å². The third-order valence-electron chi connectivity index (χ3n) is 1.05. The highest BCUT2D eigenvalue weighted by Gasteiger charge is 2.00. The predicted octanol–water partition coefficient (Wildman–Crippen LogP) is -0.200. The van der Waals surface area contributed by atoms with Crippen LogP contribution in [0.4, 0.5) is 0 Å². The van der Waals surface area contributed by atoms with Crippen molar-refractivity contribution in [3.05, 3.63) is 11.9 Å². The van der Waals surface area contributed by atoms with E-state index in [1.165, 1.54) is 0 Å². The molecule has 3 nitrogen and oxygen atoms in total. The van der Waals surface area contributed by atoms with Crippen LogP contribution < -0.4 is 11.1 Å². The molecule has 1 heterocycles. The molecule has 1 rings (SSSR count). The second kappa shape index (κ2) is 1.86. The van der Waals surface area contributed by atoms with Crippen LogP contribution in [0.25, 0.3) is 0 Å². The van der Waals surface area contributed by atoms with Crippen LogP contribution in [0.1, 0.15) is 6.42 Å². The molecule has 0 amide bonds. The van der Waals surface area contributed by atoms with Gasteiger partial charge in [0.25, 0.3) is 0 Å². The molecule has 0 saturated carbocycles. The lowest BCUT2D eigenvalue weighted by Gasteiger charge is -2.10. The van der Waals surface area contributed by atoms with Gasteiger partial charge in [-0.25, -0.2) is 0 Å². The second-order valence-electron chi connectivity index (χ2n) is 1.80.